The van der Waals surface area contributed by atoms with Gasteiger partial charge >= 0.3 is 0 Å². The molecule has 1 atom stereocenters. The van der Waals surface area contributed by atoms with Crippen LogP contribution in [0, 0.1) is 5.92 Å². The molecule has 110 valence electrons. The number of methoxy groups -OCH3 is 2. The van der Waals surface area contributed by atoms with Gasteiger partial charge in [-0.3, -0.25) is 4.79 Å². The molecule has 0 aliphatic carbocycles. The lowest BCUT2D eigenvalue weighted by Crippen LogP contribution is -2.38. The van der Waals surface area contributed by atoms with Gasteiger partial charge in [-0.15, -0.1) is 0 Å². The van der Waals surface area contributed by atoms with E-state index in [-0.39, 0.29) is 23.2 Å². The molecule has 0 radical (unpaired) electrons. The van der Waals surface area contributed by atoms with E-state index in [0.29, 0.717) is 12.5 Å². The Bertz CT molecular complexity index is 439. The van der Waals surface area contributed by atoms with Crippen LogP contribution in [-0.2, 0) is 0 Å². The van der Waals surface area contributed by atoms with Crippen molar-refractivity contribution in [1.29, 1.82) is 0 Å². The molecular weight excluding hydrogens is 260 g/mol. The first-order chi connectivity index (χ1) is 9.76. The number of ether oxygens (including phenoxy) is 2. The normalized spacial score (nSPS) is 18.4. The Morgan fingerprint density at radius 1 is 1.40 bits per heavy atom. The minimum absolute atomic E-state index is 0.219. The number of rotatable bonds is 5. The van der Waals surface area contributed by atoms with E-state index in [1.165, 1.54) is 20.5 Å². The fourth-order valence-corrected chi connectivity index (χ4v) is 2.28. The standard InChI is InChI=1S/C13H20N4O3/c1-19-12-10(13(20-2)17-8-16-12)11(18)15-7-9-4-3-5-14-6-9/h8-9,14H,3-7H2,1-2H3,(H,15,18). The Morgan fingerprint density at radius 2 is 2.10 bits per heavy atom. The zero-order valence-electron chi connectivity index (χ0n) is 11.8. The summed E-state index contributed by atoms with van der Waals surface area (Å²) in [5.41, 5.74) is 0.237. The first kappa shape index (κ1) is 14.5. The summed E-state index contributed by atoms with van der Waals surface area (Å²) in [4.78, 5) is 20.1. The maximum atomic E-state index is 12.3. The molecule has 7 nitrogen and oxygen atoms in total. The Labute approximate surface area is 118 Å². The number of nitrogens with zero attached hydrogens (tertiary/aromatic N) is 2. The molecule has 1 saturated heterocycles. The van der Waals surface area contributed by atoms with Gasteiger partial charge < -0.3 is 20.1 Å². The quantitative estimate of drug-likeness (QED) is 0.802. The molecule has 1 aliphatic heterocycles. The molecule has 20 heavy (non-hydrogen) atoms. The average molecular weight is 280 g/mol. The summed E-state index contributed by atoms with van der Waals surface area (Å²) in [6.07, 6.45) is 3.56. The number of nitrogens with one attached hydrogen (secondary N) is 2. The number of hydrogen-bond acceptors (Lipinski definition) is 6. The molecule has 0 bridgehead atoms. The van der Waals surface area contributed by atoms with Crippen LogP contribution in [0.25, 0.3) is 0 Å². The maximum absolute atomic E-state index is 12.3. The molecule has 1 unspecified atom stereocenters. The lowest BCUT2D eigenvalue weighted by atomic mass is 10.00. The molecule has 1 fully saturated rings. The molecule has 2 heterocycles. The summed E-state index contributed by atoms with van der Waals surface area (Å²) in [7, 11) is 2.92. The summed E-state index contributed by atoms with van der Waals surface area (Å²) in [6, 6.07) is 0. The molecular formula is C13H20N4O3. The van der Waals surface area contributed by atoms with Gasteiger partial charge in [-0.25, -0.2) is 9.97 Å². The molecule has 7 heteroatoms. The monoisotopic (exact) mass is 280 g/mol. The molecule has 0 aromatic carbocycles. The zero-order valence-corrected chi connectivity index (χ0v) is 11.8. The van der Waals surface area contributed by atoms with Crippen molar-refractivity contribution in [1.82, 2.24) is 20.6 Å². The van der Waals surface area contributed by atoms with E-state index in [1.807, 2.05) is 0 Å². The van der Waals surface area contributed by atoms with Crippen LogP contribution in [0.4, 0.5) is 0 Å². The summed E-state index contributed by atoms with van der Waals surface area (Å²) < 4.78 is 10.2. The predicted octanol–water partition coefficient (Wildman–Crippen LogP) is 0.223. The maximum Gasteiger partial charge on any atom is 0.262 e. The number of hydrogen-bond donors (Lipinski definition) is 2. The highest BCUT2D eigenvalue weighted by Gasteiger charge is 2.22. The van der Waals surface area contributed by atoms with Crippen LogP contribution in [0.3, 0.4) is 0 Å². The fourth-order valence-electron chi connectivity index (χ4n) is 2.28. The highest BCUT2D eigenvalue weighted by atomic mass is 16.5. The van der Waals surface area contributed by atoms with Gasteiger partial charge in [0.2, 0.25) is 11.8 Å². The number of piperidine rings is 1. The largest absolute Gasteiger partial charge is 0.480 e. The Balaban J connectivity index is 2.04. The van der Waals surface area contributed by atoms with E-state index in [2.05, 4.69) is 20.6 Å². The van der Waals surface area contributed by atoms with E-state index < -0.39 is 0 Å². The average Bonchev–Trinajstić information content (AvgIpc) is 2.52. The van der Waals surface area contributed by atoms with Gasteiger partial charge in [-0.1, -0.05) is 0 Å². The van der Waals surface area contributed by atoms with E-state index in [4.69, 9.17) is 9.47 Å². The molecule has 1 aromatic heterocycles. The second kappa shape index (κ2) is 7.04. The van der Waals surface area contributed by atoms with Crippen molar-refractivity contribution in [3.05, 3.63) is 11.9 Å². The summed E-state index contributed by atoms with van der Waals surface area (Å²) in [5, 5.41) is 6.22. The third-order valence-corrected chi connectivity index (χ3v) is 3.34. The molecule has 1 amide bonds. The first-order valence-electron chi connectivity index (χ1n) is 6.68. The van der Waals surface area contributed by atoms with Crippen molar-refractivity contribution < 1.29 is 14.3 Å². The van der Waals surface area contributed by atoms with Gasteiger partial charge in [-0.05, 0) is 31.8 Å². The van der Waals surface area contributed by atoms with Gasteiger partial charge in [0.25, 0.3) is 5.91 Å². The summed E-state index contributed by atoms with van der Waals surface area (Å²) in [6.45, 7) is 2.60. The molecule has 0 saturated carbocycles. The summed E-state index contributed by atoms with van der Waals surface area (Å²) in [5.74, 6) is 0.617. The van der Waals surface area contributed by atoms with E-state index in [0.717, 1.165) is 25.9 Å². The highest BCUT2D eigenvalue weighted by Crippen LogP contribution is 2.23. The summed E-state index contributed by atoms with van der Waals surface area (Å²) >= 11 is 0. The zero-order chi connectivity index (χ0) is 14.4. The first-order valence-corrected chi connectivity index (χ1v) is 6.68. The van der Waals surface area contributed by atoms with Gasteiger partial charge in [0, 0.05) is 6.54 Å². The number of carbonyl (C=O) groups is 1. The van der Waals surface area contributed by atoms with E-state index in [9.17, 15) is 4.79 Å². The Kier molecular flexibility index (Phi) is 5.11. The molecule has 2 N–H and O–H groups in total. The minimum atomic E-state index is -0.273. The van der Waals surface area contributed by atoms with Crippen molar-refractivity contribution in [2.24, 2.45) is 5.92 Å². The van der Waals surface area contributed by atoms with Crippen LogP contribution in [-0.4, -0.2) is 49.7 Å². The Morgan fingerprint density at radius 3 is 2.65 bits per heavy atom. The smallest absolute Gasteiger partial charge is 0.262 e. The third-order valence-electron chi connectivity index (χ3n) is 3.34. The third kappa shape index (κ3) is 3.36. The minimum Gasteiger partial charge on any atom is -0.480 e. The number of aromatic nitrogens is 2. The lowest BCUT2D eigenvalue weighted by Gasteiger charge is -2.23. The van der Waals surface area contributed by atoms with Crippen LogP contribution >= 0.6 is 0 Å². The van der Waals surface area contributed by atoms with Crippen LogP contribution in [0.15, 0.2) is 6.33 Å². The second-order valence-corrected chi connectivity index (χ2v) is 4.69. The predicted molar refractivity (Wildman–Crippen MR) is 73.1 cm³/mol. The van der Waals surface area contributed by atoms with Crippen molar-refractivity contribution in [2.75, 3.05) is 33.9 Å². The second-order valence-electron chi connectivity index (χ2n) is 4.69. The number of carbonyl (C=O) groups excluding carboxylic acids is 1. The van der Waals surface area contributed by atoms with E-state index >= 15 is 0 Å². The molecule has 2 rings (SSSR count). The SMILES string of the molecule is COc1ncnc(OC)c1C(=O)NCC1CCCNC1. The number of amides is 1. The van der Waals surface area contributed by atoms with Crippen LogP contribution in [0.2, 0.25) is 0 Å². The molecule has 0 spiro atoms. The van der Waals surface area contributed by atoms with Crippen molar-refractivity contribution >= 4 is 5.91 Å². The van der Waals surface area contributed by atoms with Crippen molar-refractivity contribution in [3.63, 3.8) is 0 Å². The van der Waals surface area contributed by atoms with Gasteiger partial charge in [0.1, 0.15) is 6.33 Å². The molecule has 1 aliphatic rings. The van der Waals surface area contributed by atoms with Gasteiger partial charge in [-0.2, -0.15) is 0 Å². The topological polar surface area (TPSA) is 85.4 Å². The van der Waals surface area contributed by atoms with E-state index in [1.54, 1.807) is 0 Å². The molecule has 1 aromatic rings. The fraction of sp³-hybridized carbons (Fsp3) is 0.615. The van der Waals surface area contributed by atoms with Crippen molar-refractivity contribution in [3.8, 4) is 11.8 Å². The van der Waals surface area contributed by atoms with Gasteiger partial charge in [0.15, 0.2) is 5.56 Å². The van der Waals surface area contributed by atoms with Crippen LogP contribution in [0.5, 0.6) is 11.8 Å². The van der Waals surface area contributed by atoms with Crippen LogP contribution < -0.4 is 20.1 Å². The lowest BCUT2D eigenvalue weighted by molar-refractivity contribution is 0.0936. The van der Waals surface area contributed by atoms with Crippen LogP contribution in [0.1, 0.15) is 23.2 Å². The van der Waals surface area contributed by atoms with Gasteiger partial charge in [0.05, 0.1) is 14.2 Å². The van der Waals surface area contributed by atoms with Crippen molar-refractivity contribution in [2.45, 2.75) is 12.8 Å². The Hall–Kier alpha value is -1.89. The highest BCUT2D eigenvalue weighted by molar-refractivity contribution is 5.98.